The molecular formula is C14H16O4. The number of aliphatic carboxylic acids is 1. The Labute approximate surface area is 106 Å². The number of benzene rings is 1. The van der Waals surface area contributed by atoms with Crippen LogP contribution in [0.2, 0.25) is 0 Å². The maximum absolute atomic E-state index is 11.5. The molecule has 0 bridgehead atoms. The standard InChI is InChI=1S/C14H16O4/c15-8-4-7-13(16)10-12(14(17)18)9-11-5-2-1-3-6-11/h1-3,5-6,8,12H,4,7,9-10H2,(H,17,18). The van der Waals surface area contributed by atoms with Crippen molar-refractivity contribution in [2.24, 2.45) is 5.92 Å². The fraction of sp³-hybridized carbons (Fsp3) is 0.357. The van der Waals surface area contributed by atoms with E-state index >= 15 is 0 Å². The Morgan fingerprint density at radius 2 is 1.89 bits per heavy atom. The van der Waals surface area contributed by atoms with Gasteiger partial charge in [-0.25, -0.2) is 0 Å². The average molecular weight is 248 g/mol. The minimum Gasteiger partial charge on any atom is -0.481 e. The Kier molecular flexibility index (Phi) is 5.77. The number of carboxylic acid groups (broad SMARTS) is 1. The van der Waals surface area contributed by atoms with Gasteiger partial charge in [-0.3, -0.25) is 9.59 Å². The lowest BCUT2D eigenvalue weighted by atomic mass is 9.93. The molecule has 1 atom stereocenters. The highest BCUT2D eigenvalue weighted by Gasteiger charge is 2.21. The number of hydrogen-bond acceptors (Lipinski definition) is 3. The quantitative estimate of drug-likeness (QED) is 0.713. The Bertz CT molecular complexity index is 411. The summed E-state index contributed by atoms with van der Waals surface area (Å²) >= 11 is 0. The minimum absolute atomic E-state index is 0.0158. The zero-order valence-corrected chi connectivity index (χ0v) is 10.0. The minimum atomic E-state index is -0.974. The van der Waals surface area contributed by atoms with Crippen LogP contribution in [-0.2, 0) is 20.8 Å². The molecule has 0 aliphatic heterocycles. The van der Waals surface area contributed by atoms with E-state index in [1.54, 1.807) is 0 Å². The second-order valence-corrected chi connectivity index (χ2v) is 4.17. The predicted molar refractivity (Wildman–Crippen MR) is 66.2 cm³/mol. The lowest BCUT2D eigenvalue weighted by Crippen LogP contribution is -2.20. The van der Waals surface area contributed by atoms with Gasteiger partial charge in [0.15, 0.2) is 0 Å². The van der Waals surface area contributed by atoms with E-state index in [4.69, 9.17) is 5.11 Å². The molecule has 0 radical (unpaired) electrons. The number of aldehydes is 1. The van der Waals surface area contributed by atoms with Gasteiger partial charge in [0.05, 0.1) is 5.92 Å². The van der Waals surface area contributed by atoms with E-state index in [1.807, 2.05) is 30.3 Å². The van der Waals surface area contributed by atoms with Crippen molar-refractivity contribution in [2.45, 2.75) is 25.7 Å². The SMILES string of the molecule is O=CCCC(=O)CC(Cc1ccccc1)C(=O)O. The molecule has 1 rings (SSSR count). The normalized spacial score (nSPS) is 11.8. The Morgan fingerprint density at radius 1 is 1.22 bits per heavy atom. The summed E-state index contributed by atoms with van der Waals surface area (Å²) in [4.78, 5) is 32.7. The first-order chi connectivity index (χ1) is 8.63. The highest BCUT2D eigenvalue weighted by molar-refractivity contribution is 5.85. The molecule has 0 aliphatic carbocycles. The molecule has 4 heteroatoms. The van der Waals surface area contributed by atoms with Crippen LogP contribution in [0, 0.1) is 5.92 Å². The number of carbonyl (C=O) groups excluding carboxylic acids is 2. The van der Waals surface area contributed by atoms with Gasteiger partial charge in [-0.1, -0.05) is 30.3 Å². The van der Waals surface area contributed by atoms with Crippen LogP contribution in [0.1, 0.15) is 24.8 Å². The van der Waals surface area contributed by atoms with Crippen molar-refractivity contribution in [3.8, 4) is 0 Å². The van der Waals surface area contributed by atoms with Gasteiger partial charge in [-0.15, -0.1) is 0 Å². The van der Waals surface area contributed by atoms with Crippen molar-refractivity contribution in [1.82, 2.24) is 0 Å². The second kappa shape index (κ2) is 7.37. The molecule has 0 amide bonds. The monoisotopic (exact) mass is 248 g/mol. The molecule has 1 aromatic carbocycles. The molecule has 0 aliphatic rings. The molecule has 0 saturated carbocycles. The Hall–Kier alpha value is -1.97. The van der Waals surface area contributed by atoms with Gasteiger partial charge in [-0.2, -0.15) is 0 Å². The molecule has 0 fully saturated rings. The molecule has 4 nitrogen and oxygen atoms in total. The van der Waals surface area contributed by atoms with Gasteiger partial charge in [0.25, 0.3) is 0 Å². The molecule has 1 aromatic rings. The first kappa shape index (κ1) is 14.1. The lowest BCUT2D eigenvalue weighted by molar-refractivity contribution is -0.143. The van der Waals surface area contributed by atoms with Gasteiger partial charge in [0.1, 0.15) is 12.1 Å². The summed E-state index contributed by atoms with van der Waals surface area (Å²) in [6, 6.07) is 9.21. The summed E-state index contributed by atoms with van der Waals surface area (Å²) in [6.07, 6.45) is 1.28. The molecule has 0 spiro atoms. The number of ketones is 1. The third-order valence-corrected chi connectivity index (χ3v) is 2.69. The van der Waals surface area contributed by atoms with Crippen molar-refractivity contribution < 1.29 is 19.5 Å². The summed E-state index contributed by atoms with van der Waals surface area (Å²) < 4.78 is 0. The molecule has 1 N–H and O–H groups in total. The first-order valence-corrected chi connectivity index (χ1v) is 5.85. The van der Waals surface area contributed by atoms with Crippen molar-refractivity contribution in [2.75, 3.05) is 0 Å². The van der Waals surface area contributed by atoms with Crippen molar-refractivity contribution in [3.63, 3.8) is 0 Å². The number of carboxylic acids is 1. The van der Waals surface area contributed by atoms with Crippen LogP contribution in [0.4, 0.5) is 0 Å². The summed E-state index contributed by atoms with van der Waals surface area (Å²) in [7, 11) is 0. The number of hydrogen-bond donors (Lipinski definition) is 1. The van der Waals surface area contributed by atoms with E-state index < -0.39 is 11.9 Å². The maximum Gasteiger partial charge on any atom is 0.307 e. The Balaban J connectivity index is 2.58. The smallest absolute Gasteiger partial charge is 0.307 e. The summed E-state index contributed by atoms with van der Waals surface area (Å²) in [5.74, 6) is -1.87. The second-order valence-electron chi connectivity index (χ2n) is 4.17. The van der Waals surface area contributed by atoms with Crippen LogP contribution in [0.3, 0.4) is 0 Å². The Morgan fingerprint density at radius 3 is 2.44 bits per heavy atom. The van der Waals surface area contributed by atoms with Crippen molar-refractivity contribution >= 4 is 18.0 Å². The fourth-order valence-electron chi connectivity index (χ4n) is 1.74. The van der Waals surface area contributed by atoms with Crippen LogP contribution in [0.15, 0.2) is 30.3 Å². The third kappa shape index (κ3) is 4.91. The zero-order valence-electron chi connectivity index (χ0n) is 10.0. The van der Waals surface area contributed by atoms with E-state index in [1.165, 1.54) is 0 Å². The predicted octanol–water partition coefficient (Wildman–Crippen LogP) is 1.87. The van der Waals surface area contributed by atoms with Crippen LogP contribution < -0.4 is 0 Å². The topological polar surface area (TPSA) is 71.4 Å². The molecule has 96 valence electrons. The van der Waals surface area contributed by atoms with Gasteiger partial charge in [0.2, 0.25) is 0 Å². The molecule has 18 heavy (non-hydrogen) atoms. The molecule has 1 unspecified atom stereocenters. The fourth-order valence-corrected chi connectivity index (χ4v) is 1.74. The van der Waals surface area contributed by atoms with Gasteiger partial charge in [-0.05, 0) is 12.0 Å². The van der Waals surface area contributed by atoms with E-state index in [0.29, 0.717) is 12.7 Å². The van der Waals surface area contributed by atoms with Crippen molar-refractivity contribution in [1.29, 1.82) is 0 Å². The summed E-state index contributed by atoms with van der Waals surface area (Å²) in [6.45, 7) is 0. The molecular weight excluding hydrogens is 232 g/mol. The van der Waals surface area contributed by atoms with Crippen LogP contribution in [-0.4, -0.2) is 23.1 Å². The van der Waals surface area contributed by atoms with E-state index in [2.05, 4.69) is 0 Å². The number of rotatable bonds is 8. The van der Waals surface area contributed by atoms with Gasteiger partial charge < -0.3 is 9.90 Å². The third-order valence-electron chi connectivity index (χ3n) is 2.69. The van der Waals surface area contributed by atoms with Gasteiger partial charge >= 0.3 is 5.97 Å². The number of carbonyl (C=O) groups is 3. The summed E-state index contributed by atoms with van der Waals surface area (Å²) in [5, 5.41) is 9.09. The van der Waals surface area contributed by atoms with Crippen LogP contribution >= 0.6 is 0 Å². The highest BCUT2D eigenvalue weighted by atomic mass is 16.4. The van der Waals surface area contributed by atoms with E-state index in [9.17, 15) is 14.4 Å². The largest absolute Gasteiger partial charge is 0.481 e. The average Bonchev–Trinajstić information content (AvgIpc) is 2.36. The van der Waals surface area contributed by atoms with Gasteiger partial charge in [0, 0.05) is 19.3 Å². The van der Waals surface area contributed by atoms with Crippen LogP contribution in [0.25, 0.3) is 0 Å². The number of Topliss-reactive ketones (excluding diaryl/α,β-unsaturated/α-hetero) is 1. The molecule has 0 saturated heterocycles. The van der Waals surface area contributed by atoms with E-state index in [-0.39, 0.29) is 25.0 Å². The van der Waals surface area contributed by atoms with Crippen molar-refractivity contribution in [3.05, 3.63) is 35.9 Å². The molecule has 0 heterocycles. The maximum atomic E-state index is 11.5. The zero-order chi connectivity index (χ0) is 13.4. The first-order valence-electron chi connectivity index (χ1n) is 5.85. The molecule has 0 aromatic heterocycles. The summed E-state index contributed by atoms with van der Waals surface area (Å²) in [5.41, 5.74) is 0.896. The van der Waals surface area contributed by atoms with Crippen LogP contribution in [0.5, 0.6) is 0 Å². The highest BCUT2D eigenvalue weighted by Crippen LogP contribution is 2.14. The van der Waals surface area contributed by atoms with E-state index in [0.717, 1.165) is 5.56 Å². The lowest BCUT2D eigenvalue weighted by Gasteiger charge is -2.11.